The summed E-state index contributed by atoms with van der Waals surface area (Å²) in [4.78, 5) is 11.6. The fourth-order valence-electron chi connectivity index (χ4n) is 1.93. The summed E-state index contributed by atoms with van der Waals surface area (Å²) in [7, 11) is 0. The maximum absolute atomic E-state index is 11.6. The van der Waals surface area contributed by atoms with Gasteiger partial charge >= 0.3 is 6.09 Å². The highest BCUT2D eigenvalue weighted by molar-refractivity contribution is 5.67. The van der Waals surface area contributed by atoms with E-state index in [1.165, 1.54) is 0 Å². The molecule has 0 saturated heterocycles. The Hall–Kier alpha value is -2.93. The molecule has 1 N–H and O–H groups in total. The Bertz CT molecular complexity index is 697. The minimum atomic E-state index is -0.478. The van der Waals surface area contributed by atoms with Gasteiger partial charge in [0.1, 0.15) is 12.4 Å². The van der Waals surface area contributed by atoms with Crippen molar-refractivity contribution in [1.82, 2.24) is 5.32 Å². The molecule has 0 heterocycles. The van der Waals surface area contributed by atoms with E-state index < -0.39 is 6.09 Å². The zero-order valence-electron chi connectivity index (χ0n) is 13.9. The Morgan fingerprint density at radius 2 is 1.79 bits per heavy atom. The van der Waals surface area contributed by atoms with E-state index in [0.29, 0.717) is 0 Å². The number of hydrogen-bond donors (Lipinski definition) is 1. The number of benzene rings is 2. The van der Waals surface area contributed by atoms with Crippen LogP contribution in [0.1, 0.15) is 25.0 Å². The lowest BCUT2D eigenvalue weighted by Crippen LogP contribution is -2.24. The molecule has 2 aromatic carbocycles. The zero-order valence-corrected chi connectivity index (χ0v) is 13.9. The third-order valence-corrected chi connectivity index (χ3v) is 2.99. The van der Waals surface area contributed by atoms with Gasteiger partial charge in [-0.1, -0.05) is 42.2 Å². The minimum absolute atomic E-state index is 0.146. The third-order valence-electron chi connectivity index (χ3n) is 2.99. The maximum Gasteiger partial charge on any atom is 0.408 e. The van der Waals surface area contributed by atoms with Crippen LogP contribution < -0.4 is 10.1 Å². The molecule has 2 rings (SSSR count). The molecule has 0 radical (unpaired) electrons. The van der Waals surface area contributed by atoms with E-state index in [1.807, 2.05) is 68.4 Å². The second-order valence-electron chi connectivity index (χ2n) is 5.41. The highest BCUT2D eigenvalue weighted by Gasteiger charge is 2.00. The molecule has 0 bridgehead atoms. The van der Waals surface area contributed by atoms with Crippen LogP contribution >= 0.6 is 0 Å². The van der Waals surface area contributed by atoms with Crippen molar-refractivity contribution < 1.29 is 14.3 Å². The molecule has 1 amide bonds. The van der Waals surface area contributed by atoms with Gasteiger partial charge in [-0.2, -0.15) is 0 Å². The molecule has 0 fully saturated rings. The summed E-state index contributed by atoms with van der Waals surface area (Å²) in [6.45, 7) is 4.45. The molecule has 0 aliphatic heterocycles. The zero-order chi connectivity index (χ0) is 17.2. The summed E-state index contributed by atoms with van der Waals surface area (Å²) in [6.07, 6.45) is -0.332. The van der Waals surface area contributed by atoms with E-state index in [2.05, 4.69) is 17.2 Å². The lowest BCUT2D eigenvalue weighted by atomic mass is 10.2. The van der Waals surface area contributed by atoms with Gasteiger partial charge in [0.2, 0.25) is 0 Å². The molecular weight excluding hydrogens is 302 g/mol. The lowest BCUT2D eigenvalue weighted by Gasteiger charge is -2.08. The molecule has 0 saturated carbocycles. The molecule has 4 nitrogen and oxygen atoms in total. The van der Waals surface area contributed by atoms with Gasteiger partial charge in [0.15, 0.2) is 0 Å². The number of rotatable bonds is 5. The smallest absolute Gasteiger partial charge is 0.408 e. The molecule has 0 atom stereocenters. The number of carbonyl (C=O) groups excluding carboxylic acids is 1. The van der Waals surface area contributed by atoms with Crippen LogP contribution in [0.3, 0.4) is 0 Å². The molecule has 0 aliphatic carbocycles. The standard InChI is InChI=1S/C20H21NO3/c1-16(2)24-19-12-10-17(11-13-19)9-6-14-21-20(22)23-15-18-7-4-3-5-8-18/h3-5,7-8,10-13,16H,14-15H2,1-2H3,(H,21,22). The van der Waals surface area contributed by atoms with Crippen LogP contribution in [-0.4, -0.2) is 18.7 Å². The summed E-state index contributed by atoms with van der Waals surface area (Å²) in [5.74, 6) is 6.68. The van der Waals surface area contributed by atoms with Crippen LogP contribution in [0.25, 0.3) is 0 Å². The van der Waals surface area contributed by atoms with Gasteiger partial charge < -0.3 is 14.8 Å². The Labute approximate surface area is 142 Å². The molecule has 24 heavy (non-hydrogen) atoms. The Kier molecular flexibility index (Phi) is 6.73. The van der Waals surface area contributed by atoms with Crippen LogP contribution in [0, 0.1) is 11.8 Å². The quantitative estimate of drug-likeness (QED) is 0.853. The highest BCUT2D eigenvalue weighted by Crippen LogP contribution is 2.13. The number of nitrogens with one attached hydrogen (secondary N) is 1. The molecule has 0 unspecified atom stereocenters. The Morgan fingerprint density at radius 3 is 2.46 bits per heavy atom. The van der Waals surface area contributed by atoms with E-state index in [0.717, 1.165) is 16.9 Å². The number of amides is 1. The summed E-state index contributed by atoms with van der Waals surface area (Å²) in [5, 5.41) is 2.60. The Morgan fingerprint density at radius 1 is 1.08 bits per heavy atom. The average Bonchev–Trinajstić information content (AvgIpc) is 2.59. The summed E-state index contributed by atoms with van der Waals surface area (Å²) < 4.78 is 10.7. The van der Waals surface area contributed by atoms with Crippen molar-refractivity contribution in [3.8, 4) is 17.6 Å². The Balaban J connectivity index is 1.72. The number of hydrogen-bond acceptors (Lipinski definition) is 3. The summed E-state index contributed by atoms with van der Waals surface area (Å²) in [5.41, 5.74) is 1.81. The van der Waals surface area contributed by atoms with E-state index in [4.69, 9.17) is 9.47 Å². The first kappa shape index (κ1) is 17.4. The van der Waals surface area contributed by atoms with Gasteiger partial charge in [-0.3, -0.25) is 0 Å². The van der Waals surface area contributed by atoms with Gasteiger partial charge in [0.25, 0.3) is 0 Å². The maximum atomic E-state index is 11.6. The van der Waals surface area contributed by atoms with Crippen molar-refractivity contribution in [3.05, 3.63) is 65.7 Å². The van der Waals surface area contributed by atoms with E-state index in [1.54, 1.807) is 0 Å². The molecule has 0 spiro atoms. The molecule has 0 aliphatic rings. The van der Waals surface area contributed by atoms with Crippen molar-refractivity contribution in [1.29, 1.82) is 0 Å². The van der Waals surface area contributed by atoms with Crippen LogP contribution in [-0.2, 0) is 11.3 Å². The third kappa shape index (κ3) is 6.45. The molecule has 2 aromatic rings. The second-order valence-corrected chi connectivity index (χ2v) is 5.41. The van der Waals surface area contributed by atoms with E-state index in [9.17, 15) is 4.79 Å². The van der Waals surface area contributed by atoms with Gasteiger partial charge in [0, 0.05) is 5.56 Å². The second kappa shape index (κ2) is 9.26. The summed E-state index contributed by atoms with van der Waals surface area (Å²) in [6, 6.07) is 17.1. The highest BCUT2D eigenvalue weighted by atomic mass is 16.5. The predicted molar refractivity (Wildman–Crippen MR) is 93.7 cm³/mol. The van der Waals surface area contributed by atoms with Gasteiger partial charge in [-0.15, -0.1) is 0 Å². The van der Waals surface area contributed by atoms with Gasteiger partial charge in [-0.05, 0) is 43.7 Å². The first-order chi connectivity index (χ1) is 11.6. The van der Waals surface area contributed by atoms with E-state index >= 15 is 0 Å². The van der Waals surface area contributed by atoms with Gasteiger partial charge in [-0.25, -0.2) is 4.79 Å². The summed E-state index contributed by atoms with van der Waals surface area (Å²) >= 11 is 0. The molecule has 0 aromatic heterocycles. The van der Waals surface area contributed by atoms with Crippen LogP contribution in [0.2, 0.25) is 0 Å². The molecule has 4 heteroatoms. The normalized spacial score (nSPS) is 9.79. The van der Waals surface area contributed by atoms with Crippen LogP contribution in [0.5, 0.6) is 5.75 Å². The first-order valence-corrected chi connectivity index (χ1v) is 7.83. The van der Waals surface area contributed by atoms with Gasteiger partial charge in [0.05, 0.1) is 12.6 Å². The molecule has 124 valence electrons. The largest absolute Gasteiger partial charge is 0.491 e. The van der Waals surface area contributed by atoms with Crippen molar-refractivity contribution in [2.75, 3.05) is 6.54 Å². The fraction of sp³-hybridized carbons (Fsp3) is 0.250. The SMILES string of the molecule is CC(C)Oc1ccc(C#CCNC(=O)OCc2ccccc2)cc1. The number of ether oxygens (including phenoxy) is 2. The average molecular weight is 323 g/mol. The molecular formula is C20H21NO3. The van der Waals surface area contributed by atoms with Crippen molar-refractivity contribution in [3.63, 3.8) is 0 Å². The topological polar surface area (TPSA) is 47.6 Å². The number of carbonyl (C=O) groups is 1. The fourth-order valence-corrected chi connectivity index (χ4v) is 1.93. The van der Waals surface area contributed by atoms with E-state index in [-0.39, 0.29) is 19.3 Å². The first-order valence-electron chi connectivity index (χ1n) is 7.83. The van der Waals surface area contributed by atoms with Crippen LogP contribution in [0.15, 0.2) is 54.6 Å². The number of alkyl carbamates (subject to hydrolysis) is 1. The predicted octanol–water partition coefficient (Wildman–Crippen LogP) is 3.75. The van der Waals surface area contributed by atoms with Crippen molar-refractivity contribution in [2.24, 2.45) is 0 Å². The monoisotopic (exact) mass is 323 g/mol. The lowest BCUT2D eigenvalue weighted by molar-refractivity contribution is 0.141. The minimum Gasteiger partial charge on any atom is -0.491 e. The van der Waals surface area contributed by atoms with Crippen molar-refractivity contribution in [2.45, 2.75) is 26.6 Å². The van der Waals surface area contributed by atoms with Crippen molar-refractivity contribution >= 4 is 6.09 Å². The van der Waals surface area contributed by atoms with Crippen LogP contribution in [0.4, 0.5) is 4.79 Å².